The molecule has 0 radical (unpaired) electrons. The highest BCUT2D eigenvalue weighted by Crippen LogP contribution is 2.55. The molecule has 0 aromatic rings. The number of ether oxygens (including phenoxy) is 5. The molecule has 7 aliphatic rings. The molecule has 1 heterocycles. The van der Waals surface area contributed by atoms with Crippen LogP contribution >= 0.6 is 0 Å². The molecule has 16 heteroatoms. The van der Waals surface area contributed by atoms with Crippen molar-refractivity contribution in [2.24, 2.45) is 63.6 Å². The number of hydrogen-bond donors (Lipinski definition) is 1. The maximum absolute atomic E-state index is 14.0. The third kappa shape index (κ3) is 8.85. The Bertz CT molecular complexity index is 1660. The van der Waals surface area contributed by atoms with E-state index in [0.29, 0.717) is 64.2 Å². The summed E-state index contributed by atoms with van der Waals surface area (Å²) in [7, 11) is -5.78. The van der Waals surface area contributed by atoms with Gasteiger partial charge in [0.1, 0.15) is 25.3 Å². The number of aldehydes is 1. The first-order chi connectivity index (χ1) is 27.0. The van der Waals surface area contributed by atoms with E-state index < -0.39 is 62.4 Å². The quantitative estimate of drug-likeness (QED) is 0.101. The molecule has 57 heavy (non-hydrogen) atoms. The fourth-order valence-corrected chi connectivity index (χ4v) is 12.3. The maximum atomic E-state index is 14.0. The smallest absolute Gasteiger partial charge is 0.402 e. The number of rotatable bonds is 13. The van der Waals surface area contributed by atoms with Crippen molar-refractivity contribution in [1.29, 1.82) is 0 Å². The summed E-state index contributed by atoms with van der Waals surface area (Å²) >= 11 is 0. The van der Waals surface area contributed by atoms with Crippen molar-refractivity contribution in [2.45, 2.75) is 128 Å². The minimum Gasteiger partial charge on any atom is -0.465 e. The van der Waals surface area contributed by atoms with E-state index in [1.807, 2.05) is 6.92 Å². The van der Waals surface area contributed by atoms with Crippen molar-refractivity contribution >= 4 is 40.1 Å². The zero-order chi connectivity index (χ0) is 40.8. The Kier molecular flexibility index (Phi) is 12.3. The second-order valence-corrected chi connectivity index (χ2v) is 20.7. The molecule has 0 aromatic carbocycles. The molecule has 13 nitrogen and oxygen atoms in total. The number of halogens is 2. The molecule has 6 bridgehead atoms. The molecular formula is C41H58F2O13S. The summed E-state index contributed by atoms with van der Waals surface area (Å²) < 4.78 is 89.0. The maximum Gasteiger partial charge on any atom is 0.402 e. The van der Waals surface area contributed by atoms with Crippen LogP contribution in [0.5, 0.6) is 0 Å². The number of fused-ring (bicyclic) bond motifs is 6. The van der Waals surface area contributed by atoms with Gasteiger partial charge in [0.05, 0.1) is 35.4 Å². The summed E-state index contributed by atoms with van der Waals surface area (Å²) in [5.41, 5.74) is -2.86. The summed E-state index contributed by atoms with van der Waals surface area (Å²) in [5.74, 6) is -1.52. The molecule has 320 valence electrons. The van der Waals surface area contributed by atoms with Crippen molar-refractivity contribution in [2.75, 3.05) is 33.0 Å². The number of Topliss-reactive ketones (excluding diaryl/α,β-unsaturated/α-hetero) is 1. The number of carbonyl (C=O) groups is 5. The Morgan fingerprint density at radius 2 is 1.53 bits per heavy atom. The van der Waals surface area contributed by atoms with Gasteiger partial charge >= 0.3 is 33.3 Å². The SMILES string of the molecule is CC1CC2CC(C(=O)OCC3(COC(=O)C45CCCC(C4)C(CC=O)CC5)COC(C4CC5CCCC(C(=O)OCC(F)(F)S(=O)(=O)O)(C5)C4)OC3)CC(C2)C1=O. The highest BCUT2D eigenvalue weighted by atomic mass is 32.2. The van der Waals surface area contributed by atoms with Gasteiger partial charge in [-0.25, -0.2) is 0 Å². The Balaban J connectivity index is 1.03. The topological polar surface area (TPSA) is 186 Å². The lowest BCUT2D eigenvalue weighted by atomic mass is 9.58. The van der Waals surface area contributed by atoms with Crippen LogP contribution in [0.15, 0.2) is 0 Å². The first-order valence-electron chi connectivity index (χ1n) is 21.0. The van der Waals surface area contributed by atoms with Crippen LogP contribution in [0.1, 0.15) is 116 Å². The molecule has 1 saturated heterocycles. The molecular weight excluding hydrogens is 771 g/mol. The molecule has 10 atom stereocenters. The summed E-state index contributed by atoms with van der Waals surface area (Å²) in [5, 5.41) is -4.65. The zero-order valence-electron chi connectivity index (χ0n) is 32.8. The number of hydrogen-bond acceptors (Lipinski definition) is 12. The minimum atomic E-state index is -5.78. The van der Waals surface area contributed by atoms with E-state index in [-0.39, 0.29) is 86.0 Å². The van der Waals surface area contributed by atoms with Crippen molar-refractivity contribution in [1.82, 2.24) is 0 Å². The Morgan fingerprint density at radius 3 is 2.26 bits per heavy atom. The number of alkyl halides is 2. The Labute approximate surface area is 333 Å². The lowest BCUT2D eigenvalue weighted by Crippen LogP contribution is -2.54. The minimum absolute atomic E-state index is 0.000370. The predicted molar refractivity (Wildman–Crippen MR) is 196 cm³/mol. The van der Waals surface area contributed by atoms with E-state index in [0.717, 1.165) is 44.8 Å². The fraction of sp³-hybridized carbons (Fsp3) is 0.878. The molecule has 1 aliphatic heterocycles. The van der Waals surface area contributed by atoms with E-state index in [2.05, 4.69) is 0 Å². The van der Waals surface area contributed by atoms with Gasteiger partial charge in [0, 0.05) is 24.2 Å². The van der Waals surface area contributed by atoms with Crippen molar-refractivity contribution in [3.05, 3.63) is 0 Å². The van der Waals surface area contributed by atoms with Gasteiger partial charge in [-0.1, -0.05) is 32.6 Å². The van der Waals surface area contributed by atoms with Crippen LogP contribution in [0.3, 0.4) is 0 Å². The standard InChI is InChI=1S/C41H58F2O13S/c1-25-12-27-14-30(33(25)45)16-31(15-27)34(46)52-20-38(23-55-36(47)39-8-3-5-29(18-39)28(6-10-39)7-11-44)21-53-35(54-22-38)32-13-26-4-2-9-40(17-26,19-32)37(48)56-24-41(42,43)57(49,50)51/h11,25-32,35H,2-10,12-24H2,1H3,(H,49,50,51). The van der Waals surface area contributed by atoms with Gasteiger partial charge in [-0.15, -0.1) is 0 Å². The van der Waals surface area contributed by atoms with Crippen molar-refractivity contribution in [3.63, 3.8) is 0 Å². The van der Waals surface area contributed by atoms with Gasteiger partial charge in [0.15, 0.2) is 12.9 Å². The van der Waals surface area contributed by atoms with Crippen LogP contribution < -0.4 is 0 Å². The van der Waals surface area contributed by atoms with Gasteiger partial charge in [0.2, 0.25) is 0 Å². The van der Waals surface area contributed by atoms with Gasteiger partial charge in [0.25, 0.3) is 0 Å². The first-order valence-corrected chi connectivity index (χ1v) is 22.5. The molecule has 10 unspecified atom stereocenters. The molecule has 0 spiro atoms. The monoisotopic (exact) mass is 828 g/mol. The van der Waals surface area contributed by atoms with E-state index >= 15 is 0 Å². The summed E-state index contributed by atoms with van der Waals surface area (Å²) in [6, 6.07) is 0. The van der Waals surface area contributed by atoms with Crippen LogP contribution in [0.4, 0.5) is 8.78 Å². The van der Waals surface area contributed by atoms with Crippen molar-refractivity contribution < 1.29 is 69.4 Å². The predicted octanol–water partition coefficient (Wildman–Crippen LogP) is 5.86. The summed E-state index contributed by atoms with van der Waals surface area (Å²) in [4.78, 5) is 65.1. The van der Waals surface area contributed by atoms with Crippen LogP contribution in [-0.2, 0) is 57.8 Å². The molecule has 0 aromatic heterocycles. The molecule has 6 saturated carbocycles. The van der Waals surface area contributed by atoms with Crippen LogP contribution in [0.25, 0.3) is 0 Å². The Morgan fingerprint density at radius 1 is 0.842 bits per heavy atom. The van der Waals surface area contributed by atoms with Gasteiger partial charge < -0.3 is 28.5 Å². The van der Waals surface area contributed by atoms with Gasteiger partial charge in [-0.3, -0.25) is 23.7 Å². The fourth-order valence-electron chi connectivity index (χ4n) is 12.1. The Hall–Kier alpha value is -2.56. The average Bonchev–Trinajstić information content (AvgIpc) is 3.18. The first kappa shape index (κ1) is 42.6. The second-order valence-electron chi connectivity index (χ2n) is 19.1. The summed E-state index contributed by atoms with van der Waals surface area (Å²) in [6.07, 6.45) is 10.9. The third-order valence-corrected chi connectivity index (χ3v) is 15.9. The van der Waals surface area contributed by atoms with E-state index in [1.165, 1.54) is 0 Å². The van der Waals surface area contributed by atoms with Gasteiger partial charge in [-0.05, 0) is 101 Å². The number of carbonyl (C=O) groups excluding carboxylic acids is 5. The zero-order valence-corrected chi connectivity index (χ0v) is 33.7. The third-order valence-electron chi connectivity index (χ3n) is 15.0. The highest BCUT2D eigenvalue weighted by molar-refractivity contribution is 7.86. The molecule has 7 rings (SSSR count). The molecule has 7 fully saturated rings. The number of ketones is 1. The van der Waals surface area contributed by atoms with Crippen LogP contribution in [-0.4, -0.2) is 87.5 Å². The largest absolute Gasteiger partial charge is 0.465 e. The highest BCUT2D eigenvalue weighted by Gasteiger charge is 2.55. The van der Waals surface area contributed by atoms with Crippen LogP contribution in [0.2, 0.25) is 0 Å². The van der Waals surface area contributed by atoms with E-state index in [1.54, 1.807) is 0 Å². The van der Waals surface area contributed by atoms with Crippen LogP contribution in [0, 0.1) is 63.6 Å². The normalized spacial score (nSPS) is 40.7. The second kappa shape index (κ2) is 16.5. The van der Waals surface area contributed by atoms with Crippen molar-refractivity contribution in [3.8, 4) is 0 Å². The molecule has 6 aliphatic carbocycles. The summed E-state index contributed by atoms with van der Waals surface area (Å²) in [6.45, 7) is -0.124. The lowest BCUT2D eigenvalue weighted by molar-refractivity contribution is -0.275. The van der Waals surface area contributed by atoms with E-state index in [4.69, 9.17) is 28.2 Å². The van der Waals surface area contributed by atoms with E-state index in [9.17, 15) is 41.2 Å². The average molecular weight is 829 g/mol. The number of esters is 3. The molecule has 0 amide bonds. The molecule has 1 N–H and O–H groups in total. The van der Waals surface area contributed by atoms with Gasteiger partial charge in [-0.2, -0.15) is 17.2 Å². The lowest BCUT2D eigenvalue weighted by Gasteiger charge is -2.50.